The number of carbonyl (C=O) groups is 1. The molecule has 0 bridgehead atoms. The highest BCUT2D eigenvalue weighted by Gasteiger charge is 2.15. The van der Waals surface area contributed by atoms with Gasteiger partial charge in [-0.05, 0) is 30.9 Å². The van der Waals surface area contributed by atoms with Crippen molar-refractivity contribution in [1.82, 2.24) is 5.32 Å². The third kappa shape index (κ3) is 4.39. The normalized spacial score (nSPS) is 15.8. The molecule has 1 aromatic rings. The van der Waals surface area contributed by atoms with Gasteiger partial charge < -0.3 is 14.5 Å². The van der Waals surface area contributed by atoms with Gasteiger partial charge in [0.05, 0.1) is 0 Å². The summed E-state index contributed by atoms with van der Waals surface area (Å²) in [6.07, 6.45) is 7.78. The highest BCUT2D eigenvalue weighted by atomic mass is 16.5. The van der Waals surface area contributed by atoms with Gasteiger partial charge in [-0.3, -0.25) is 4.79 Å². The zero-order valence-electron chi connectivity index (χ0n) is 11.6. The van der Waals surface area contributed by atoms with Gasteiger partial charge in [0.25, 0.3) is 5.91 Å². The maximum absolute atomic E-state index is 11.8. The summed E-state index contributed by atoms with van der Waals surface area (Å²) in [5.74, 6) is 1.80. The molecule has 2 rings (SSSR count). The second-order valence-corrected chi connectivity index (χ2v) is 5.25. The first-order valence-electron chi connectivity index (χ1n) is 7.15. The van der Waals surface area contributed by atoms with Crippen LogP contribution in [0.25, 0.3) is 0 Å². The first kappa shape index (κ1) is 14.1. The number of methoxy groups -OCH3 is 1. The molecule has 0 spiro atoms. The van der Waals surface area contributed by atoms with Gasteiger partial charge in [0, 0.05) is 13.7 Å². The fourth-order valence-electron chi connectivity index (χ4n) is 2.70. The summed E-state index contributed by atoms with van der Waals surface area (Å²) in [7, 11) is 1.60. The van der Waals surface area contributed by atoms with E-state index in [4.69, 9.17) is 9.15 Å². The summed E-state index contributed by atoms with van der Waals surface area (Å²) >= 11 is 0. The van der Waals surface area contributed by atoms with Crippen LogP contribution in [0.15, 0.2) is 16.5 Å². The topological polar surface area (TPSA) is 51.5 Å². The van der Waals surface area contributed by atoms with Crippen LogP contribution in [0.5, 0.6) is 0 Å². The van der Waals surface area contributed by atoms with Crippen LogP contribution in [-0.4, -0.2) is 19.6 Å². The highest BCUT2D eigenvalue weighted by molar-refractivity contribution is 5.91. The van der Waals surface area contributed by atoms with E-state index in [0.717, 1.165) is 18.9 Å². The largest absolute Gasteiger partial charge is 0.453 e. The van der Waals surface area contributed by atoms with E-state index in [1.165, 1.54) is 32.1 Å². The van der Waals surface area contributed by atoms with Crippen LogP contribution in [0.2, 0.25) is 0 Å². The van der Waals surface area contributed by atoms with E-state index in [1.54, 1.807) is 19.2 Å². The lowest BCUT2D eigenvalue weighted by Gasteiger charge is -2.08. The van der Waals surface area contributed by atoms with Crippen molar-refractivity contribution in [3.8, 4) is 0 Å². The van der Waals surface area contributed by atoms with Crippen molar-refractivity contribution in [2.24, 2.45) is 5.92 Å². The highest BCUT2D eigenvalue weighted by Crippen LogP contribution is 2.28. The third-order valence-corrected chi connectivity index (χ3v) is 3.72. The molecule has 106 valence electrons. The molecular formula is C15H23NO3. The average Bonchev–Trinajstić information content (AvgIpc) is 3.06. The molecule has 1 saturated carbocycles. The van der Waals surface area contributed by atoms with Crippen LogP contribution in [0.1, 0.15) is 54.8 Å². The van der Waals surface area contributed by atoms with Gasteiger partial charge in [0.15, 0.2) is 5.76 Å². The molecule has 0 unspecified atom stereocenters. The lowest BCUT2D eigenvalue weighted by Crippen LogP contribution is -2.24. The second kappa shape index (κ2) is 7.34. The summed E-state index contributed by atoms with van der Waals surface area (Å²) in [4.78, 5) is 11.8. The zero-order chi connectivity index (χ0) is 13.5. The zero-order valence-corrected chi connectivity index (χ0v) is 11.6. The van der Waals surface area contributed by atoms with Crippen LogP contribution >= 0.6 is 0 Å². The van der Waals surface area contributed by atoms with Gasteiger partial charge in [0.1, 0.15) is 12.4 Å². The van der Waals surface area contributed by atoms with Gasteiger partial charge in [-0.1, -0.05) is 25.7 Å². The van der Waals surface area contributed by atoms with E-state index in [9.17, 15) is 4.79 Å². The standard InChI is InChI=1S/C15H23NO3/c1-18-11-13-8-9-14(19-13)15(17)16-10-4-7-12-5-2-3-6-12/h8-9,12H,2-7,10-11H2,1H3,(H,16,17). The Morgan fingerprint density at radius 1 is 1.42 bits per heavy atom. The van der Waals surface area contributed by atoms with Gasteiger partial charge in [-0.2, -0.15) is 0 Å². The lowest BCUT2D eigenvalue weighted by molar-refractivity contribution is 0.0916. The van der Waals surface area contributed by atoms with Crippen molar-refractivity contribution in [2.75, 3.05) is 13.7 Å². The predicted octanol–water partition coefficient (Wildman–Crippen LogP) is 3.13. The van der Waals surface area contributed by atoms with Gasteiger partial charge >= 0.3 is 0 Å². The molecule has 4 nitrogen and oxygen atoms in total. The van der Waals surface area contributed by atoms with E-state index in [2.05, 4.69) is 5.32 Å². The Labute approximate surface area is 114 Å². The SMILES string of the molecule is COCc1ccc(C(=O)NCCCC2CCCC2)o1. The number of rotatable bonds is 7. The summed E-state index contributed by atoms with van der Waals surface area (Å²) in [6.45, 7) is 1.13. The number of nitrogens with one attached hydrogen (secondary N) is 1. The Morgan fingerprint density at radius 3 is 2.95 bits per heavy atom. The van der Waals surface area contributed by atoms with Gasteiger partial charge in [-0.25, -0.2) is 0 Å². The number of hydrogen-bond acceptors (Lipinski definition) is 3. The van der Waals surface area contributed by atoms with Gasteiger partial charge in [-0.15, -0.1) is 0 Å². The average molecular weight is 265 g/mol. The maximum Gasteiger partial charge on any atom is 0.286 e. The number of carbonyl (C=O) groups excluding carboxylic acids is 1. The summed E-state index contributed by atoms with van der Waals surface area (Å²) in [5, 5.41) is 2.90. The molecule has 0 saturated heterocycles. The summed E-state index contributed by atoms with van der Waals surface area (Å²) in [5.41, 5.74) is 0. The van der Waals surface area contributed by atoms with Crippen molar-refractivity contribution in [3.05, 3.63) is 23.7 Å². The van der Waals surface area contributed by atoms with Crippen LogP contribution in [0, 0.1) is 5.92 Å². The Hall–Kier alpha value is -1.29. The van der Waals surface area contributed by atoms with Crippen molar-refractivity contribution in [2.45, 2.75) is 45.1 Å². The fraction of sp³-hybridized carbons (Fsp3) is 0.667. The molecule has 1 amide bonds. The molecule has 1 heterocycles. The Kier molecular flexibility index (Phi) is 5.45. The number of hydrogen-bond donors (Lipinski definition) is 1. The first-order valence-corrected chi connectivity index (χ1v) is 7.15. The minimum atomic E-state index is -0.131. The minimum absolute atomic E-state index is 0.131. The summed E-state index contributed by atoms with van der Waals surface area (Å²) < 4.78 is 10.3. The molecule has 19 heavy (non-hydrogen) atoms. The van der Waals surface area contributed by atoms with Crippen LogP contribution in [0.3, 0.4) is 0 Å². The van der Waals surface area contributed by atoms with E-state index >= 15 is 0 Å². The van der Waals surface area contributed by atoms with Crippen molar-refractivity contribution in [1.29, 1.82) is 0 Å². The van der Waals surface area contributed by atoms with E-state index in [1.807, 2.05) is 0 Å². The second-order valence-electron chi connectivity index (χ2n) is 5.25. The molecule has 0 aliphatic heterocycles. The van der Waals surface area contributed by atoms with Gasteiger partial charge in [0.2, 0.25) is 0 Å². The minimum Gasteiger partial charge on any atom is -0.453 e. The lowest BCUT2D eigenvalue weighted by atomic mass is 10.0. The fourth-order valence-corrected chi connectivity index (χ4v) is 2.70. The molecule has 1 N–H and O–H groups in total. The quantitative estimate of drug-likeness (QED) is 0.771. The Morgan fingerprint density at radius 2 is 2.21 bits per heavy atom. The molecular weight excluding hydrogens is 242 g/mol. The molecule has 1 aliphatic rings. The number of furan rings is 1. The van der Waals surface area contributed by atoms with Crippen molar-refractivity contribution < 1.29 is 13.9 Å². The number of ether oxygens (including phenoxy) is 1. The predicted molar refractivity (Wildman–Crippen MR) is 72.9 cm³/mol. The molecule has 1 fully saturated rings. The smallest absolute Gasteiger partial charge is 0.286 e. The monoisotopic (exact) mass is 265 g/mol. The molecule has 0 aromatic carbocycles. The molecule has 1 aliphatic carbocycles. The molecule has 0 atom stereocenters. The third-order valence-electron chi connectivity index (χ3n) is 3.72. The molecule has 4 heteroatoms. The van der Waals surface area contributed by atoms with Crippen LogP contribution in [-0.2, 0) is 11.3 Å². The van der Waals surface area contributed by atoms with E-state index in [0.29, 0.717) is 18.1 Å². The van der Waals surface area contributed by atoms with E-state index < -0.39 is 0 Å². The summed E-state index contributed by atoms with van der Waals surface area (Å²) in [6, 6.07) is 3.47. The van der Waals surface area contributed by atoms with Crippen LogP contribution in [0.4, 0.5) is 0 Å². The van der Waals surface area contributed by atoms with Crippen molar-refractivity contribution in [3.63, 3.8) is 0 Å². The molecule has 0 radical (unpaired) electrons. The first-order chi connectivity index (χ1) is 9.29. The van der Waals surface area contributed by atoms with Crippen LogP contribution < -0.4 is 5.32 Å². The maximum atomic E-state index is 11.8. The Bertz CT molecular complexity index is 394. The number of amides is 1. The molecule has 1 aromatic heterocycles. The Balaban J connectivity index is 1.65. The van der Waals surface area contributed by atoms with Crippen molar-refractivity contribution >= 4 is 5.91 Å². The van der Waals surface area contributed by atoms with E-state index in [-0.39, 0.29) is 5.91 Å².